The predicted octanol–water partition coefficient (Wildman–Crippen LogP) is 6.50. The quantitative estimate of drug-likeness (QED) is 0.182. The Morgan fingerprint density at radius 1 is 0.850 bits per heavy atom. The lowest BCUT2D eigenvalue weighted by Gasteiger charge is -2.28. The van der Waals surface area contributed by atoms with Crippen LogP contribution in [0.1, 0.15) is 78.7 Å². The van der Waals surface area contributed by atoms with E-state index in [-0.39, 0.29) is 18.4 Å². The first-order valence-corrected chi connectivity index (χ1v) is 14.8. The van der Waals surface area contributed by atoms with E-state index in [1.165, 1.54) is 29.5 Å². The molecule has 0 saturated carbocycles. The number of hydrogen-bond acceptors (Lipinski definition) is 3. The fraction of sp³-hybridized carbons (Fsp3) is 0.471. The van der Waals surface area contributed by atoms with Crippen LogP contribution in [0.3, 0.4) is 0 Å². The number of aryl methyl sites for hydroxylation is 2. The topological polar surface area (TPSA) is 54.8 Å². The second-order valence-electron chi connectivity index (χ2n) is 10.7. The van der Waals surface area contributed by atoms with Gasteiger partial charge >= 0.3 is 0 Å². The third-order valence-electron chi connectivity index (χ3n) is 7.29. The van der Waals surface area contributed by atoms with E-state index in [4.69, 9.17) is 4.74 Å². The lowest BCUT2D eigenvalue weighted by molar-refractivity contribution is -0.132. The highest BCUT2D eigenvalue weighted by Gasteiger charge is 2.23. The molecule has 0 fully saturated rings. The van der Waals surface area contributed by atoms with Gasteiger partial charge in [-0.2, -0.15) is 0 Å². The summed E-state index contributed by atoms with van der Waals surface area (Å²) in [6.07, 6.45) is 8.54. The molecule has 3 rings (SSSR count). The molecule has 0 unspecified atom stereocenters. The van der Waals surface area contributed by atoms with Gasteiger partial charge in [0.2, 0.25) is 5.91 Å². The number of hydrogen-bond donors (Lipinski definition) is 0. The maximum Gasteiger partial charge on any atom is 0.254 e. The standard InChI is InChI=1S/C34H47N3O3/c1-5-7-9-13-29-16-18-31(19-17-29)34(39)37(22-23-40-4)27-33(38)36(20-8-6-2)26-32-15-11-21-35(32)25-30-14-10-12-28(3)24-30/h10-12,14-19,21,24H,5-9,13,20,22-23,25-27H2,1-4H3. The van der Waals surface area contributed by atoms with Gasteiger partial charge in [-0.3, -0.25) is 9.59 Å². The van der Waals surface area contributed by atoms with Crippen LogP contribution in [0.4, 0.5) is 0 Å². The molecule has 40 heavy (non-hydrogen) atoms. The van der Waals surface area contributed by atoms with E-state index in [1.54, 1.807) is 12.0 Å². The summed E-state index contributed by atoms with van der Waals surface area (Å²) in [6.45, 7) is 9.13. The van der Waals surface area contributed by atoms with Gasteiger partial charge in [-0.05, 0) is 61.6 Å². The number of rotatable bonds is 17. The maximum atomic E-state index is 13.7. The number of benzene rings is 2. The van der Waals surface area contributed by atoms with Crippen molar-refractivity contribution in [2.45, 2.75) is 72.4 Å². The zero-order chi connectivity index (χ0) is 28.7. The second kappa shape index (κ2) is 16.7. The van der Waals surface area contributed by atoms with Crippen molar-refractivity contribution < 1.29 is 14.3 Å². The number of carbonyl (C=O) groups excluding carboxylic acids is 2. The molecule has 1 aromatic heterocycles. The minimum absolute atomic E-state index is 0.0305. The van der Waals surface area contributed by atoms with Crippen LogP contribution in [-0.4, -0.2) is 59.5 Å². The third-order valence-corrected chi connectivity index (χ3v) is 7.29. The molecular weight excluding hydrogens is 498 g/mol. The maximum absolute atomic E-state index is 13.7. The molecule has 0 radical (unpaired) electrons. The largest absolute Gasteiger partial charge is 0.383 e. The number of aromatic nitrogens is 1. The van der Waals surface area contributed by atoms with Crippen LogP contribution in [0.15, 0.2) is 66.9 Å². The second-order valence-corrected chi connectivity index (χ2v) is 10.7. The lowest BCUT2D eigenvalue weighted by atomic mass is 10.0. The van der Waals surface area contributed by atoms with Gasteiger partial charge in [-0.25, -0.2) is 0 Å². The van der Waals surface area contributed by atoms with Gasteiger partial charge < -0.3 is 19.1 Å². The van der Waals surface area contributed by atoms with Crippen molar-refractivity contribution in [2.24, 2.45) is 0 Å². The van der Waals surface area contributed by atoms with Crippen molar-refractivity contribution >= 4 is 11.8 Å². The number of carbonyl (C=O) groups is 2. The molecule has 0 atom stereocenters. The molecule has 2 aromatic carbocycles. The Bertz CT molecular complexity index is 1190. The molecule has 216 valence electrons. The fourth-order valence-corrected chi connectivity index (χ4v) is 4.88. The highest BCUT2D eigenvalue weighted by atomic mass is 16.5. The van der Waals surface area contributed by atoms with Crippen LogP contribution in [0.5, 0.6) is 0 Å². The average molecular weight is 546 g/mol. The predicted molar refractivity (Wildman–Crippen MR) is 162 cm³/mol. The number of amides is 2. The molecule has 6 nitrogen and oxygen atoms in total. The molecule has 0 N–H and O–H groups in total. The van der Waals surface area contributed by atoms with Crippen LogP contribution in [0, 0.1) is 6.92 Å². The van der Waals surface area contributed by atoms with E-state index < -0.39 is 0 Å². The van der Waals surface area contributed by atoms with E-state index in [9.17, 15) is 9.59 Å². The Morgan fingerprint density at radius 3 is 2.33 bits per heavy atom. The summed E-state index contributed by atoms with van der Waals surface area (Å²) in [5.41, 5.74) is 5.40. The zero-order valence-electron chi connectivity index (χ0n) is 24.9. The molecule has 0 aliphatic heterocycles. The van der Waals surface area contributed by atoms with Crippen LogP contribution < -0.4 is 0 Å². The van der Waals surface area contributed by atoms with Gasteiger partial charge in [0.15, 0.2) is 0 Å². The van der Waals surface area contributed by atoms with Gasteiger partial charge in [0.05, 0.1) is 13.2 Å². The number of ether oxygens (including phenoxy) is 1. The van der Waals surface area contributed by atoms with Crippen molar-refractivity contribution in [1.82, 2.24) is 14.4 Å². The Balaban J connectivity index is 1.72. The van der Waals surface area contributed by atoms with Gasteiger partial charge in [-0.1, -0.05) is 75.1 Å². The smallest absolute Gasteiger partial charge is 0.254 e. The summed E-state index contributed by atoms with van der Waals surface area (Å²) < 4.78 is 7.49. The molecule has 6 heteroatoms. The van der Waals surface area contributed by atoms with E-state index in [0.717, 1.165) is 37.9 Å². The summed E-state index contributed by atoms with van der Waals surface area (Å²) in [5, 5.41) is 0. The molecule has 3 aromatic rings. The highest BCUT2D eigenvalue weighted by molar-refractivity contribution is 5.96. The Morgan fingerprint density at radius 2 is 1.62 bits per heavy atom. The van der Waals surface area contributed by atoms with Crippen LogP contribution >= 0.6 is 0 Å². The van der Waals surface area contributed by atoms with E-state index in [0.29, 0.717) is 31.8 Å². The number of methoxy groups -OCH3 is 1. The molecule has 2 amide bonds. The van der Waals surface area contributed by atoms with E-state index >= 15 is 0 Å². The molecule has 1 heterocycles. The van der Waals surface area contributed by atoms with Crippen LogP contribution in [0.25, 0.3) is 0 Å². The molecule has 0 spiro atoms. The van der Waals surface area contributed by atoms with Gasteiger partial charge in [-0.15, -0.1) is 0 Å². The summed E-state index contributed by atoms with van der Waals surface area (Å²) in [7, 11) is 1.62. The van der Waals surface area contributed by atoms with Gasteiger partial charge in [0.25, 0.3) is 5.91 Å². The summed E-state index contributed by atoms with van der Waals surface area (Å²) in [4.78, 5) is 30.7. The summed E-state index contributed by atoms with van der Waals surface area (Å²) in [6, 6.07) is 20.5. The summed E-state index contributed by atoms with van der Waals surface area (Å²) >= 11 is 0. The normalized spacial score (nSPS) is 11.0. The molecule has 0 bridgehead atoms. The Hall–Kier alpha value is -3.38. The first kappa shape index (κ1) is 31.2. The Kier molecular flexibility index (Phi) is 13.0. The van der Waals surface area contributed by atoms with Crippen molar-refractivity contribution in [3.8, 4) is 0 Å². The van der Waals surface area contributed by atoms with Crippen molar-refractivity contribution in [2.75, 3.05) is 33.4 Å². The van der Waals surface area contributed by atoms with Gasteiger partial charge in [0.1, 0.15) is 6.54 Å². The highest BCUT2D eigenvalue weighted by Crippen LogP contribution is 2.15. The van der Waals surface area contributed by atoms with E-state index in [1.807, 2.05) is 35.2 Å². The minimum Gasteiger partial charge on any atom is -0.383 e. The van der Waals surface area contributed by atoms with Crippen molar-refractivity contribution in [1.29, 1.82) is 0 Å². The van der Waals surface area contributed by atoms with Crippen LogP contribution in [-0.2, 0) is 29.0 Å². The fourth-order valence-electron chi connectivity index (χ4n) is 4.88. The monoisotopic (exact) mass is 545 g/mol. The first-order valence-electron chi connectivity index (χ1n) is 14.8. The number of nitrogens with zero attached hydrogens (tertiary/aromatic N) is 3. The minimum atomic E-state index is -0.135. The Labute approximate surface area is 240 Å². The molecule has 0 aliphatic carbocycles. The number of unbranched alkanes of at least 4 members (excludes halogenated alkanes) is 3. The first-order chi connectivity index (χ1) is 19.4. The summed E-state index contributed by atoms with van der Waals surface area (Å²) in [5.74, 6) is -0.179. The third kappa shape index (κ3) is 9.67. The van der Waals surface area contributed by atoms with Gasteiger partial charge in [0, 0.05) is 44.2 Å². The van der Waals surface area contributed by atoms with Crippen molar-refractivity contribution in [3.05, 3.63) is 94.8 Å². The van der Waals surface area contributed by atoms with Crippen LogP contribution in [0.2, 0.25) is 0 Å². The molecule has 0 aliphatic rings. The SMILES string of the molecule is CCCCCc1ccc(C(=O)N(CCOC)CC(=O)N(CCCC)Cc2cccn2Cc2cccc(C)c2)cc1. The van der Waals surface area contributed by atoms with E-state index in [2.05, 4.69) is 61.9 Å². The van der Waals surface area contributed by atoms with Crippen molar-refractivity contribution in [3.63, 3.8) is 0 Å². The molecular formula is C34H47N3O3. The lowest BCUT2D eigenvalue weighted by Crippen LogP contribution is -2.44. The molecule has 0 saturated heterocycles. The average Bonchev–Trinajstić information content (AvgIpc) is 3.39. The zero-order valence-corrected chi connectivity index (χ0v) is 24.9.